The predicted molar refractivity (Wildman–Crippen MR) is 154 cm³/mol. The molecule has 1 saturated carbocycles. The van der Waals surface area contributed by atoms with E-state index in [0.29, 0.717) is 18.4 Å². The molecule has 0 bridgehead atoms. The van der Waals surface area contributed by atoms with Crippen molar-refractivity contribution in [3.8, 4) is 6.07 Å². The van der Waals surface area contributed by atoms with E-state index in [1.807, 2.05) is 19.9 Å². The van der Waals surface area contributed by atoms with Crippen LogP contribution in [0.3, 0.4) is 0 Å². The molecule has 2 fully saturated rings. The second-order valence-corrected chi connectivity index (χ2v) is 12.5. The summed E-state index contributed by atoms with van der Waals surface area (Å²) in [7, 11) is 0. The van der Waals surface area contributed by atoms with Gasteiger partial charge in [0.15, 0.2) is 11.9 Å². The van der Waals surface area contributed by atoms with Crippen LogP contribution >= 0.6 is 0 Å². The maximum absolute atomic E-state index is 13.0. The molecular weight excluding hydrogens is 556 g/mol. The quantitative estimate of drug-likeness (QED) is 0.322. The van der Waals surface area contributed by atoms with Gasteiger partial charge in [0, 0.05) is 12.3 Å². The molecule has 2 aromatic rings. The van der Waals surface area contributed by atoms with E-state index in [-0.39, 0.29) is 42.3 Å². The lowest BCUT2D eigenvalue weighted by molar-refractivity contribution is -0.163. The first-order valence-electron chi connectivity index (χ1n) is 14.9. The molecule has 5 atom stereocenters. The largest absolute Gasteiger partial charge is 0.463 e. The molecule has 0 aromatic carbocycles. The summed E-state index contributed by atoms with van der Waals surface area (Å²) in [5, 5.41) is 29.2. The Morgan fingerprint density at radius 3 is 2.56 bits per heavy atom. The van der Waals surface area contributed by atoms with Crippen molar-refractivity contribution >= 4 is 29.2 Å². The summed E-state index contributed by atoms with van der Waals surface area (Å²) in [6.07, 6.45) is 1.48. The first kappa shape index (κ1) is 32.3. The van der Waals surface area contributed by atoms with E-state index in [9.17, 15) is 24.8 Å². The average molecular weight is 599 g/mol. The molecule has 234 valence electrons. The molecule has 43 heavy (non-hydrogen) atoms. The van der Waals surface area contributed by atoms with Crippen molar-refractivity contribution in [1.82, 2.24) is 14.6 Å². The summed E-state index contributed by atoms with van der Waals surface area (Å²) in [5.74, 6) is -1.16. The van der Waals surface area contributed by atoms with E-state index in [1.165, 1.54) is 16.9 Å². The van der Waals surface area contributed by atoms with Gasteiger partial charge in [-0.3, -0.25) is 14.4 Å². The molecule has 2 aromatic heterocycles. The first-order chi connectivity index (χ1) is 20.4. The maximum atomic E-state index is 13.0. The van der Waals surface area contributed by atoms with Crippen molar-refractivity contribution in [2.45, 2.75) is 103 Å². The molecular formula is C30H42N6O7. The van der Waals surface area contributed by atoms with Crippen LogP contribution < -0.4 is 11.1 Å². The number of ether oxygens (including phenoxy) is 3. The molecule has 3 heterocycles. The number of anilines is 1. The number of carbonyl (C=O) groups excluding carboxylic acids is 3. The third-order valence-electron chi connectivity index (χ3n) is 8.56. The number of aromatic nitrogens is 3. The van der Waals surface area contributed by atoms with Crippen LogP contribution in [0.25, 0.3) is 5.52 Å². The number of hydrogen-bond acceptors (Lipinski definition) is 11. The number of carbonyl (C=O) groups is 3. The van der Waals surface area contributed by atoms with E-state index in [2.05, 4.69) is 15.4 Å². The third-order valence-corrected chi connectivity index (χ3v) is 8.56. The van der Waals surface area contributed by atoms with Gasteiger partial charge in [0.25, 0.3) is 0 Å². The van der Waals surface area contributed by atoms with Crippen molar-refractivity contribution in [2.24, 2.45) is 23.0 Å². The normalized spacial score (nSPS) is 24.8. The highest BCUT2D eigenvalue weighted by Crippen LogP contribution is 2.42. The number of nitriles is 1. The number of rotatable bonds is 11. The van der Waals surface area contributed by atoms with Crippen LogP contribution in [0.4, 0.5) is 5.82 Å². The molecule has 2 aliphatic rings. The molecule has 1 aliphatic heterocycles. The van der Waals surface area contributed by atoms with E-state index in [1.54, 1.807) is 26.8 Å². The lowest BCUT2D eigenvalue weighted by atomic mass is 9.83. The molecule has 1 amide bonds. The Bertz CT molecular complexity index is 1370. The average Bonchev–Trinajstić information content (AvgIpc) is 3.49. The first-order valence-corrected chi connectivity index (χ1v) is 14.9. The number of hydrogen-bond donors (Lipinski definition) is 3. The number of nitrogens with one attached hydrogen (secondary N) is 1. The monoisotopic (exact) mass is 598 g/mol. The molecule has 1 aliphatic carbocycles. The fourth-order valence-electron chi connectivity index (χ4n) is 5.36. The minimum absolute atomic E-state index is 0.113. The van der Waals surface area contributed by atoms with Gasteiger partial charge in [-0.05, 0) is 49.1 Å². The summed E-state index contributed by atoms with van der Waals surface area (Å²) >= 11 is 0. The molecule has 13 heteroatoms. The molecule has 0 radical (unpaired) electrons. The van der Waals surface area contributed by atoms with Gasteiger partial charge >= 0.3 is 11.9 Å². The maximum Gasteiger partial charge on any atom is 0.323 e. The van der Waals surface area contributed by atoms with Gasteiger partial charge < -0.3 is 30.4 Å². The zero-order chi connectivity index (χ0) is 31.5. The van der Waals surface area contributed by atoms with E-state index < -0.39 is 47.3 Å². The Morgan fingerprint density at radius 2 is 1.98 bits per heavy atom. The zero-order valence-corrected chi connectivity index (χ0v) is 25.4. The van der Waals surface area contributed by atoms with Crippen molar-refractivity contribution < 1.29 is 33.7 Å². The van der Waals surface area contributed by atoms with Crippen LogP contribution in [-0.2, 0) is 34.2 Å². The van der Waals surface area contributed by atoms with Gasteiger partial charge in [-0.15, -0.1) is 0 Å². The number of amides is 1. The summed E-state index contributed by atoms with van der Waals surface area (Å²) in [6, 6.07) is 4.12. The van der Waals surface area contributed by atoms with Crippen molar-refractivity contribution in [2.75, 3.05) is 11.9 Å². The van der Waals surface area contributed by atoms with Gasteiger partial charge in [0.05, 0.1) is 5.69 Å². The summed E-state index contributed by atoms with van der Waals surface area (Å²) in [4.78, 5) is 42.6. The van der Waals surface area contributed by atoms with Crippen molar-refractivity contribution in [3.63, 3.8) is 0 Å². The second-order valence-electron chi connectivity index (χ2n) is 12.5. The zero-order valence-electron chi connectivity index (χ0n) is 25.4. The number of nitrogens with zero attached hydrogens (tertiary/aromatic N) is 4. The smallest absolute Gasteiger partial charge is 0.323 e. The van der Waals surface area contributed by atoms with Crippen LogP contribution in [-0.4, -0.2) is 68.5 Å². The van der Waals surface area contributed by atoms with Crippen molar-refractivity contribution in [1.29, 1.82) is 5.26 Å². The standard InChI is InChI=1S/C30H42N6O7/c1-6-18(7-2)27(39)35-26-19-11-12-21(36(19)34-16-33-26)30(15-31)25(38)23(42-28(40)24(32)29(3,4)5)20(43-30)14-41-22(37)13-17-9-8-10-17/h11-12,16-18,20,23-25,38H,6-10,13-14,32H2,1-5H3,(H,33,34,35,39)/t20-,23-,24+,25-,30+/m1/s1. The van der Waals surface area contributed by atoms with E-state index in [4.69, 9.17) is 19.9 Å². The topological polar surface area (TPSA) is 191 Å². The highest BCUT2D eigenvalue weighted by molar-refractivity contribution is 5.95. The number of nitrogens with two attached hydrogens (primary N) is 1. The lowest BCUT2D eigenvalue weighted by Gasteiger charge is -2.29. The van der Waals surface area contributed by atoms with Gasteiger partial charge in [-0.25, -0.2) is 9.50 Å². The number of fused-ring (bicyclic) bond motifs is 1. The van der Waals surface area contributed by atoms with Crippen LogP contribution in [0.5, 0.6) is 0 Å². The molecule has 0 spiro atoms. The fraction of sp³-hybridized carbons (Fsp3) is 0.667. The number of aliphatic hydroxyl groups is 1. The Balaban J connectivity index is 1.66. The summed E-state index contributed by atoms with van der Waals surface area (Å²) in [5.41, 5.74) is 3.87. The molecule has 4 N–H and O–H groups in total. The Kier molecular flexibility index (Phi) is 9.73. The highest BCUT2D eigenvalue weighted by atomic mass is 16.6. The van der Waals surface area contributed by atoms with Crippen LogP contribution in [0.1, 0.15) is 78.8 Å². The minimum Gasteiger partial charge on any atom is -0.463 e. The van der Waals surface area contributed by atoms with Gasteiger partial charge in [0.2, 0.25) is 11.5 Å². The highest BCUT2D eigenvalue weighted by Gasteiger charge is 2.60. The number of esters is 2. The summed E-state index contributed by atoms with van der Waals surface area (Å²) in [6.45, 7) is 8.80. The van der Waals surface area contributed by atoms with Gasteiger partial charge in [-0.2, -0.15) is 10.4 Å². The van der Waals surface area contributed by atoms with Gasteiger partial charge in [-0.1, -0.05) is 41.0 Å². The fourth-order valence-corrected chi connectivity index (χ4v) is 5.36. The SMILES string of the molecule is CCC(CC)C(=O)Nc1ncnn2c([C@]3(C#N)O[C@H](COC(=O)CC4CCC4)[C@@H](OC(=O)[C@H](N)C(C)(C)C)[C@H]3O)ccc12. The third kappa shape index (κ3) is 6.51. The second kappa shape index (κ2) is 13.0. The molecule has 0 unspecified atom stereocenters. The molecule has 4 rings (SSSR count). The minimum atomic E-state index is -2.08. The summed E-state index contributed by atoms with van der Waals surface area (Å²) < 4.78 is 18.7. The molecule has 1 saturated heterocycles. The van der Waals surface area contributed by atoms with Crippen LogP contribution in [0.15, 0.2) is 18.5 Å². The van der Waals surface area contributed by atoms with Crippen molar-refractivity contribution in [3.05, 3.63) is 24.2 Å². The van der Waals surface area contributed by atoms with Crippen LogP contribution in [0, 0.1) is 28.6 Å². The Hall–Kier alpha value is -3.60. The lowest BCUT2D eigenvalue weighted by Crippen LogP contribution is -2.49. The Labute approximate surface area is 251 Å². The Morgan fingerprint density at radius 1 is 1.28 bits per heavy atom. The molecule has 13 nitrogen and oxygen atoms in total. The van der Waals surface area contributed by atoms with Gasteiger partial charge in [0.1, 0.15) is 42.8 Å². The van der Waals surface area contributed by atoms with E-state index >= 15 is 0 Å². The van der Waals surface area contributed by atoms with Crippen LogP contribution in [0.2, 0.25) is 0 Å². The predicted octanol–water partition coefficient (Wildman–Crippen LogP) is 2.60. The number of aliphatic hydroxyl groups excluding tert-OH is 1. The van der Waals surface area contributed by atoms with E-state index in [0.717, 1.165) is 19.3 Å².